The molecule has 3 aromatic rings. The van der Waals surface area contributed by atoms with Crippen molar-refractivity contribution in [3.05, 3.63) is 60.0 Å². The minimum absolute atomic E-state index is 0. The number of carbonyl (C=O) groups is 1. The van der Waals surface area contributed by atoms with Gasteiger partial charge in [-0.15, -0.1) is 0 Å². The van der Waals surface area contributed by atoms with Crippen molar-refractivity contribution in [2.24, 2.45) is 0 Å². The zero-order chi connectivity index (χ0) is 20.4. The average molecular weight is 472 g/mol. The van der Waals surface area contributed by atoms with E-state index in [0.29, 0.717) is 17.2 Å². The molecule has 4 rings (SSSR count). The first-order valence-corrected chi connectivity index (χ1v) is 9.80. The first-order chi connectivity index (χ1) is 14.1. The number of methoxy groups -OCH3 is 2. The molecule has 2 aromatic carbocycles. The molecule has 1 aliphatic heterocycles. The molecule has 6 nitrogen and oxygen atoms in total. The van der Waals surface area contributed by atoms with Gasteiger partial charge in [-0.05, 0) is 25.5 Å². The van der Waals surface area contributed by atoms with E-state index in [1.54, 1.807) is 32.4 Å². The second kappa shape index (κ2) is 9.34. The van der Waals surface area contributed by atoms with Crippen LogP contribution in [0, 0.1) is 6.92 Å². The number of amides is 1. The fourth-order valence-corrected chi connectivity index (χ4v) is 3.85. The molecular formula is C23H26BrN3O3. The van der Waals surface area contributed by atoms with Gasteiger partial charge in [0.25, 0.3) is 11.7 Å². The Morgan fingerprint density at radius 3 is 2.60 bits per heavy atom. The number of fused-ring (bicyclic) bond motifs is 1. The number of hydrogen-bond donors (Lipinski definition) is 1. The summed E-state index contributed by atoms with van der Waals surface area (Å²) in [5.74, 6) is 2.36. The van der Waals surface area contributed by atoms with Crippen molar-refractivity contribution >= 4 is 11.6 Å². The normalized spacial score (nSPS) is 12.1. The Morgan fingerprint density at radius 2 is 1.90 bits per heavy atom. The molecule has 1 aromatic heterocycles. The molecule has 0 unspecified atom stereocenters. The molecule has 0 saturated carbocycles. The van der Waals surface area contributed by atoms with E-state index < -0.39 is 0 Å². The predicted molar refractivity (Wildman–Crippen MR) is 111 cm³/mol. The van der Waals surface area contributed by atoms with Gasteiger partial charge in [-0.25, -0.2) is 9.13 Å². The number of benzene rings is 2. The number of nitrogens with zero attached hydrogens (tertiary/aromatic N) is 2. The van der Waals surface area contributed by atoms with Crippen LogP contribution < -0.4 is 36.3 Å². The molecule has 0 saturated heterocycles. The summed E-state index contributed by atoms with van der Waals surface area (Å²) in [4.78, 5) is 12.8. The van der Waals surface area contributed by atoms with E-state index in [1.165, 1.54) is 17.0 Å². The third-order valence-corrected chi connectivity index (χ3v) is 5.34. The summed E-state index contributed by atoms with van der Waals surface area (Å²) in [6.45, 7) is 3.33. The number of aryl methyl sites for hydroxylation is 1. The highest BCUT2D eigenvalue weighted by molar-refractivity contribution is 5.91. The van der Waals surface area contributed by atoms with Crippen LogP contribution in [0.25, 0.3) is 11.3 Å². The van der Waals surface area contributed by atoms with Crippen LogP contribution in [0.2, 0.25) is 0 Å². The third-order valence-electron chi connectivity index (χ3n) is 5.34. The summed E-state index contributed by atoms with van der Waals surface area (Å²) < 4.78 is 15.0. The van der Waals surface area contributed by atoms with Gasteiger partial charge in [-0.2, -0.15) is 0 Å². The number of aromatic nitrogens is 2. The molecule has 1 aliphatic rings. The lowest BCUT2D eigenvalue weighted by Crippen LogP contribution is -3.00. The number of carbonyl (C=O) groups excluding carboxylic acids is 1. The van der Waals surface area contributed by atoms with Gasteiger partial charge in [0.05, 0.1) is 32.9 Å². The second-order valence-electron chi connectivity index (χ2n) is 7.29. The molecule has 0 aliphatic carbocycles. The third kappa shape index (κ3) is 4.36. The van der Waals surface area contributed by atoms with Crippen molar-refractivity contribution in [3.8, 4) is 22.8 Å². The molecule has 1 N–H and O–H groups in total. The van der Waals surface area contributed by atoms with Crippen molar-refractivity contribution in [3.63, 3.8) is 0 Å². The van der Waals surface area contributed by atoms with E-state index in [0.717, 1.165) is 25.1 Å². The lowest BCUT2D eigenvalue weighted by Gasteiger charge is -2.11. The Kier molecular flexibility index (Phi) is 6.82. The molecule has 2 heterocycles. The number of rotatable bonds is 6. The van der Waals surface area contributed by atoms with Crippen molar-refractivity contribution in [1.82, 2.24) is 4.57 Å². The van der Waals surface area contributed by atoms with E-state index in [9.17, 15) is 4.79 Å². The largest absolute Gasteiger partial charge is 1.00 e. The van der Waals surface area contributed by atoms with Gasteiger partial charge in [0.15, 0.2) is 12.2 Å². The highest BCUT2D eigenvalue weighted by atomic mass is 79.9. The lowest BCUT2D eigenvalue weighted by atomic mass is 10.1. The van der Waals surface area contributed by atoms with Crippen molar-refractivity contribution < 1.29 is 35.8 Å². The van der Waals surface area contributed by atoms with Crippen LogP contribution in [0.4, 0.5) is 5.69 Å². The summed E-state index contributed by atoms with van der Waals surface area (Å²) >= 11 is 0. The molecular weight excluding hydrogens is 446 g/mol. The molecule has 0 radical (unpaired) electrons. The zero-order valence-corrected chi connectivity index (χ0v) is 19.0. The molecule has 30 heavy (non-hydrogen) atoms. The number of hydrogen-bond acceptors (Lipinski definition) is 3. The molecule has 0 spiro atoms. The molecule has 0 bridgehead atoms. The van der Waals surface area contributed by atoms with Crippen LogP contribution in [0.1, 0.15) is 17.8 Å². The van der Waals surface area contributed by atoms with Crippen LogP contribution in [-0.2, 0) is 24.3 Å². The smallest absolute Gasteiger partial charge is 0.266 e. The Hall–Kier alpha value is -2.80. The predicted octanol–water partition coefficient (Wildman–Crippen LogP) is 0.357. The Labute approximate surface area is 187 Å². The van der Waals surface area contributed by atoms with Gasteiger partial charge < -0.3 is 31.8 Å². The average Bonchev–Trinajstić information content (AvgIpc) is 3.33. The Bertz CT molecular complexity index is 1040. The number of ether oxygens (including phenoxy) is 2. The molecule has 0 fully saturated rings. The minimum Gasteiger partial charge on any atom is -1.00 e. The zero-order valence-electron chi connectivity index (χ0n) is 17.4. The molecule has 158 valence electrons. The SMILES string of the molecule is COc1ccc(NC(=O)C[n+]2cc(-c3ccc(C)cc3)n3c2CCC3)c(OC)c1.[Br-]. The second-order valence-corrected chi connectivity index (χ2v) is 7.29. The number of imidazole rings is 1. The first kappa shape index (κ1) is 21.9. The monoisotopic (exact) mass is 471 g/mol. The molecule has 1 amide bonds. The van der Waals surface area contributed by atoms with Crippen molar-refractivity contribution in [2.75, 3.05) is 19.5 Å². The standard InChI is InChI=1S/C23H25N3O3.BrH/c1-16-6-8-17(9-7-16)20-14-25(23-5-4-12-26(20)23)15-22(27)24-19-11-10-18(28-2)13-21(19)29-3;/h6-11,13-14H,4-5,12,15H2,1-3H3;1H. The van der Waals surface area contributed by atoms with Gasteiger partial charge in [0, 0.05) is 11.6 Å². The molecule has 7 heteroatoms. The van der Waals surface area contributed by atoms with E-state index in [2.05, 4.69) is 51.8 Å². The van der Waals surface area contributed by atoms with Crippen LogP contribution in [0.15, 0.2) is 48.7 Å². The summed E-state index contributed by atoms with van der Waals surface area (Å²) in [5, 5.41) is 2.96. The fourth-order valence-electron chi connectivity index (χ4n) is 3.85. The topological polar surface area (TPSA) is 56.4 Å². The van der Waals surface area contributed by atoms with Gasteiger partial charge >= 0.3 is 0 Å². The number of halogens is 1. The van der Waals surface area contributed by atoms with Crippen LogP contribution >= 0.6 is 0 Å². The summed E-state index contributed by atoms with van der Waals surface area (Å²) in [5.41, 5.74) is 4.21. The Morgan fingerprint density at radius 1 is 1.13 bits per heavy atom. The van der Waals surface area contributed by atoms with E-state index in [4.69, 9.17) is 9.47 Å². The maximum Gasteiger partial charge on any atom is 0.266 e. The summed E-state index contributed by atoms with van der Waals surface area (Å²) in [7, 11) is 3.18. The number of anilines is 1. The maximum atomic E-state index is 12.8. The number of nitrogens with one attached hydrogen (secondary N) is 1. The summed E-state index contributed by atoms with van der Waals surface area (Å²) in [6.07, 6.45) is 4.16. The highest BCUT2D eigenvalue weighted by Crippen LogP contribution is 2.29. The molecule has 0 atom stereocenters. The van der Waals surface area contributed by atoms with Gasteiger partial charge in [0.2, 0.25) is 0 Å². The van der Waals surface area contributed by atoms with Crippen LogP contribution in [0.5, 0.6) is 11.5 Å². The minimum atomic E-state index is -0.0887. The van der Waals surface area contributed by atoms with E-state index >= 15 is 0 Å². The van der Waals surface area contributed by atoms with Crippen LogP contribution in [-0.4, -0.2) is 24.7 Å². The summed E-state index contributed by atoms with van der Waals surface area (Å²) in [6, 6.07) is 13.9. The van der Waals surface area contributed by atoms with E-state index in [1.807, 2.05) is 0 Å². The van der Waals surface area contributed by atoms with E-state index in [-0.39, 0.29) is 29.4 Å². The van der Waals surface area contributed by atoms with Crippen LogP contribution in [0.3, 0.4) is 0 Å². The van der Waals surface area contributed by atoms with Gasteiger partial charge in [-0.3, -0.25) is 4.79 Å². The lowest BCUT2D eigenvalue weighted by molar-refractivity contribution is -0.690. The first-order valence-electron chi connectivity index (χ1n) is 9.80. The fraction of sp³-hybridized carbons (Fsp3) is 0.304. The van der Waals surface area contributed by atoms with Gasteiger partial charge in [0.1, 0.15) is 17.7 Å². The maximum absolute atomic E-state index is 12.8. The van der Waals surface area contributed by atoms with Crippen molar-refractivity contribution in [2.45, 2.75) is 32.9 Å². The quantitative estimate of drug-likeness (QED) is 0.528. The van der Waals surface area contributed by atoms with Gasteiger partial charge in [-0.1, -0.05) is 29.8 Å². The van der Waals surface area contributed by atoms with Crippen molar-refractivity contribution in [1.29, 1.82) is 0 Å². The Balaban J connectivity index is 0.00000256. The highest BCUT2D eigenvalue weighted by Gasteiger charge is 2.29.